The summed E-state index contributed by atoms with van der Waals surface area (Å²) in [5, 5.41) is 0.463. The van der Waals surface area contributed by atoms with Gasteiger partial charge in [0.2, 0.25) is 0 Å². The van der Waals surface area contributed by atoms with Gasteiger partial charge in [0.15, 0.2) is 0 Å². The summed E-state index contributed by atoms with van der Waals surface area (Å²) in [6, 6.07) is 2.87. The monoisotopic (exact) mass is 316 g/mol. The molecule has 0 atom stereocenters. The molecule has 0 amide bonds. The largest absolute Gasteiger partial charge is 0.465 e. The van der Waals surface area contributed by atoms with Crippen molar-refractivity contribution in [2.45, 2.75) is 13.5 Å². The maximum atomic E-state index is 11.9. The highest BCUT2D eigenvalue weighted by atomic mass is 35.5. The molecule has 1 N–H and O–H groups in total. The number of nitrogens with one attached hydrogen (secondary N) is 1. The number of rotatable bonds is 3. The van der Waals surface area contributed by atoms with Crippen LogP contribution in [0.15, 0.2) is 21.7 Å². The Bertz CT molecular complexity index is 794. The van der Waals surface area contributed by atoms with E-state index in [2.05, 4.69) is 4.98 Å². The smallest absolute Gasteiger partial charge is 0.326 e. The lowest BCUT2D eigenvalue weighted by molar-refractivity contribution is -0.143. The molecule has 106 valence electrons. The van der Waals surface area contributed by atoms with Crippen LogP contribution in [0.25, 0.3) is 11.0 Å². The molecule has 0 aliphatic carbocycles. The Labute approximate surface area is 122 Å². The van der Waals surface area contributed by atoms with E-state index in [0.717, 1.165) is 4.57 Å². The Hall–Kier alpha value is -1.79. The highest BCUT2D eigenvalue weighted by Gasteiger charge is 2.15. The van der Waals surface area contributed by atoms with E-state index in [1.807, 2.05) is 0 Å². The molecule has 0 bridgehead atoms. The topological polar surface area (TPSA) is 81.2 Å². The molecule has 0 unspecified atom stereocenters. The quantitative estimate of drug-likeness (QED) is 0.688. The Morgan fingerprint density at radius 1 is 1.35 bits per heavy atom. The molecule has 2 aromatic rings. The molecule has 20 heavy (non-hydrogen) atoms. The molecule has 2 rings (SSSR count). The van der Waals surface area contributed by atoms with Crippen molar-refractivity contribution in [3.05, 3.63) is 42.9 Å². The fourth-order valence-electron chi connectivity index (χ4n) is 1.82. The molecule has 0 saturated heterocycles. The van der Waals surface area contributed by atoms with Crippen molar-refractivity contribution in [3.63, 3.8) is 0 Å². The third-order valence-electron chi connectivity index (χ3n) is 2.58. The van der Waals surface area contributed by atoms with Gasteiger partial charge in [0.05, 0.1) is 22.7 Å². The predicted octanol–water partition coefficient (Wildman–Crippen LogP) is 1.56. The number of H-pyrrole nitrogens is 1. The van der Waals surface area contributed by atoms with Gasteiger partial charge in [-0.3, -0.25) is 19.0 Å². The number of carbonyl (C=O) groups excluding carboxylic acids is 1. The zero-order chi connectivity index (χ0) is 14.9. The van der Waals surface area contributed by atoms with Gasteiger partial charge < -0.3 is 9.72 Å². The normalized spacial score (nSPS) is 10.8. The SMILES string of the molecule is CCOC(=O)Cn1c(=O)c(=O)[nH]c2cc(Cl)cc(Cl)c21. The number of halogens is 2. The van der Waals surface area contributed by atoms with Crippen molar-refractivity contribution >= 4 is 40.2 Å². The van der Waals surface area contributed by atoms with Gasteiger partial charge in [-0.2, -0.15) is 0 Å². The van der Waals surface area contributed by atoms with Gasteiger partial charge in [0.25, 0.3) is 0 Å². The van der Waals surface area contributed by atoms with Crippen LogP contribution in [0, 0.1) is 0 Å². The zero-order valence-corrected chi connectivity index (χ0v) is 11.9. The van der Waals surface area contributed by atoms with E-state index in [0.29, 0.717) is 5.02 Å². The minimum absolute atomic E-state index is 0.158. The van der Waals surface area contributed by atoms with E-state index in [4.69, 9.17) is 27.9 Å². The molecule has 0 spiro atoms. The average Bonchev–Trinajstić information content (AvgIpc) is 2.34. The number of hydrogen-bond donors (Lipinski definition) is 1. The lowest BCUT2D eigenvalue weighted by Crippen LogP contribution is -2.38. The Kier molecular flexibility index (Phi) is 4.15. The van der Waals surface area contributed by atoms with E-state index in [-0.39, 0.29) is 22.7 Å². The lowest BCUT2D eigenvalue weighted by Gasteiger charge is -2.10. The summed E-state index contributed by atoms with van der Waals surface area (Å²) in [6.45, 7) is 1.42. The first-order chi connectivity index (χ1) is 9.43. The number of fused-ring (bicyclic) bond motifs is 1. The molecule has 0 saturated carbocycles. The zero-order valence-electron chi connectivity index (χ0n) is 10.4. The van der Waals surface area contributed by atoms with Gasteiger partial charge in [-0.1, -0.05) is 23.2 Å². The standard InChI is InChI=1S/C12H10Cl2N2O4/c1-2-20-9(17)5-16-10-7(14)3-6(13)4-8(10)15-11(18)12(16)19/h3-4H,2,5H2,1H3,(H,15,18). The number of ether oxygens (including phenoxy) is 1. The van der Waals surface area contributed by atoms with Crippen LogP contribution in [0.5, 0.6) is 0 Å². The van der Waals surface area contributed by atoms with Crippen LogP contribution in [0.2, 0.25) is 10.0 Å². The van der Waals surface area contributed by atoms with Gasteiger partial charge in [-0.25, -0.2) is 0 Å². The molecule has 1 aromatic heterocycles. The van der Waals surface area contributed by atoms with Crippen LogP contribution in [0.3, 0.4) is 0 Å². The van der Waals surface area contributed by atoms with Crippen LogP contribution < -0.4 is 11.1 Å². The highest BCUT2D eigenvalue weighted by Crippen LogP contribution is 2.25. The van der Waals surface area contributed by atoms with Gasteiger partial charge in [-0.15, -0.1) is 0 Å². The summed E-state index contributed by atoms with van der Waals surface area (Å²) in [6.07, 6.45) is 0. The van der Waals surface area contributed by atoms with Gasteiger partial charge >= 0.3 is 17.1 Å². The first-order valence-corrected chi connectivity index (χ1v) is 6.47. The summed E-state index contributed by atoms with van der Waals surface area (Å²) >= 11 is 11.9. The van der Waals surface area contributed by atoms with Crippen molar-refractivity contribution in [2.24, 2.45) is 0 Å². The van der Waals surface area contributed by atoms with Gasteiger partial charge in [-0.05, 0) is 19.1 Å². The Morgan fingerprint density at radius 3 is 2.70 bits per heavy atom. The van der Waals surface area contributed by atoms with Crippen LogP contribution in [0.1, 0.15) is 6.92 Å². The lowest BCUT2D eigenvalue weighted by atomic mass is 10.3. The highest BCUT2D eigenvalue weighted by molar-refractivity contribution is 6.38. The number of nitrogens with zero attached hydrogens (tertiary/aromatic N) is 1. The average molecular weight is 317 g/mol. The first-order valence-electron chi connectivity index (χ1n) is 5.71. The molecular weight excluding hydrogens is 307 g/mol. The molecule has 0 aliphatic rings. The van der Waals surface area contributed by atoms with Crippen molar-refractivity contribution in [3.8, 4) is 0 Å². The second-order valence-corrected chi connectivity index (χ2v) is 4.78. The molecule has 0 radical (unpaired) electrons. The number of benzene rings is 1. The third kappa shape index (κ3) is 2.71. The fourth-order valence-corrected chi connectivity index (χ4v) is 2.42. The summed E-state index contributed by atoms with van der Waals surface area (Å²) in [5.41, 5.74) is -1.24. The molecule has 0 aliphatic heterocycles. The number of hydrogen-bond acceptors (Lipinski definition) is 4. The van der Waals surface area contributed by atoms with Gasteiger partial charge in [0.1, 0.15) is 6.54 Å². The summed E-state index contributed by atoms with van der Waals surface area (Å²) in [4.78, 5) is 37.4. The number of carbonyl (C=O) groups is 1. The summed E-state index contributed by atoms with van der Waals surface area (Å²) in [7, 11) is 0. The maximum Gasteiger partial charge on any atom is 0.326 e. The van der Waals surface area contributed by atoms with Crippen molar-refractivity contribution < 1.29 is 9.53 Å². The van der Waals surface area contributed by atoms with E-state index in [9.17, 15) is 14.4 Å². The molecule has 0 fully saturated rings. The van der Waals surface area contributed by atoms with E-state index in [1.165, 1.54) is 12.1 Å². The molecular formula is C12H10Cl2N2O4. The van der Waals surface area contributed by atoms with Crippen LogP contribution in [0.4, 0.5) is 0 Å². The van der Waals surface area contributed by atoms with Crippen molar-refractivity contribution in [2.75, 3.05) is 6.61 Å². The number of esters is 1. The number of aromatic nitrogens is 2. The van der Waals surface area contributed by atoms with E-state index in [1.54, 1.807) is 6.92 Å². The third-order valence-corrected chi connectivity index (χ3v) is 3.08. The Morgan fingerprint density at radius 2 is 2.05 bits per heavy atom. The second-order valence-electron chi connectivity index (χ2n) is 3.93. The Balaban J connectivity index is 2.74. The number of aromatic amines is 1. The second kappa shape index (κ2) is 5.68. The molecule has 8 heteroatoms. The fraction of sp³-hybridized carbons (Fsp3) is 0.250. The summed E-state index contributed by atoms with van der Waals surface area (Å²) in [5.74, 6) is -0.632. The van der Waals surface area contributed by atoms with Crippen molar-refractivity contribution in [1.82, 2.24) is 9.55 Å². The minimum atomic E-state index is -0.880. The van der Waals surface area contributed by atoms with Gasteiger partial charge in [0, 0.05) is 5.02 Å². The molecule has 1 heterocycles. The van der Waals surface area contributed by atoms with Crippen LogP contribution in [-0.2, 0) is 16.1 Å². The van der Waals surface area contributed by atoms with Crippen LogP contribution in [-0.4, -0.2) is 22.1 Å². The molecule has 6 nitrogen and oxygen atoms in total. The van der Waals surface area contributed by atoms with Crippen LogP contribution >= 0.6 is 23.2 Å². The minimum Gasteiger partial charge on any atom is -0.465 e. The van der Waals surface area contributed by atoms with Crippen molar-refractivity contribution in [1.29, 1.82) is 0 Å². The van der Waals surface area contributed by atoms with E-state index >= 15 is 0 Å². The summed E-state index contributed by atoms with van der Waals surface area (Å²) < 4.78 is 5.75. The van der Waals surface area contributed by atoms with E-state index < -0.39 is 23.6 Å². The maximum absolute atomic E-state index is 11.9. The predicted molar refractivity (Wildman–Crippen MR) is 75.5 cm³/mol. The molecule has 1 aromatic carbocycles. The first kappa shape index (κ1) is 14.6.